The Balaban J connectivity index is 2.60. The van der Waals surface area contributed by atoms with E-state index in [1.54, 1.807) is 0 Å². The van der Waals surface area contributed by atoms with Crippen LogP contribution in [0.1, 0.15) is 11.1 Å². The van der Waals surface area contributed by atoms with E-state index < -0.39 is 5.82 Å². The van der Waals surface area contributed by atoms with Gasteiger partial charge < -0.3 is 5.11 Å². The molecule has 0 aliphatic rings. The lowest BCUT2D eigenvalue weighted by molar-refractivity contribution is 0.282. The molecule has 0 saturated heterocycles. The van der Waals surface area contributed by atoms with Crippen LogP contribution in [0.2, 0.25) is 10.0 Å². The number of benzene rings is 1. The third-order valence-electron chi connectivity index (χ3n) is 2.67. The zero-order valence-corrected chi connectivity index (χ0v) is 11.6. The summed E-state index contributed by atoms with van der Waals surface area (Å²) in [5.41, 5.74) is 0.608. The molecule has 0 spiro atoms. The van der Waals surface area contributed by atoms with Crippen LogP contribution in [-0.4, -0.2) is 15.5 Å². The molecule has 7 heteroatoms. The Hall–Kier alpha value is -1.69. The molecule has 1 heterocycles. The molecule has 0 atom stereocenters. The Kier molecular flexibility index (Phi) is 4.23. The summed E-state index contributed by atoms with van der Waals surface area (Å²) in [6.07, 6.45) is 1.01. The van der Waals surface area contributed by atoms with Gasteiger partial charge in [0.25, 0.3) is 0 Å². The van der Waals surface area contributed by atoms with Crippen molar-refractivity contribution in [1.82, 2.24) is 4.57 Å². The van der Waals surface area contributed by atoms with Gasteiger partial charge >= 0.3 is 0 Å². The number of pyridine rings is 1. The highest BCUT2D eigenvalue weighted by Crippen LogP contribution is 2.27. The van der Waals surface area contributed by atoms with Crippen LogP contribution in [0.25, 0.3) is 0 Å². The van der Waals surface area contributed by atoms with Crippen molar-refractivity contribution in [2.24, 2.45) is 0 Å². The normalized spacial score (nSPS) is 10.6. The molecule has 2 rings (SSSR count). The number of rotatable bonds is 2. The zero-order chi connectivity index (χ0) is 14.9. The predicted molar refractivity (Wildman–Crippen MR) is 74.9 cm³/mol. The first-order valence-electron chi connectivity index (χ1n) is 5.55. The van der Waals surface area contributed by atoms with Crippen LogP contribution in [0.15, 0.2) is 30.5 Å². The van der Waals surface area contributed by atoms with Gasteiger partial charge in [-0.15, -0.1) is 0 Å². The van der Waals surface area contributed by atoms with Gasteiger partial charge in [-0.1, -0.05) is 23.2 Å². The highest BCUT2D eigenvalue weighted by Gasteiger charge is 2.15. The first-order valence-corrected chi connectivity index (χ1v) is 6.30. The fraction of sp³-hybridized carbons (Fsp3) is 0.0769. The molecule has 0 aliphatic heterocycles. The fourth-order valence-electron chi connectivity index (χ4n) is 1.72. The number of aliphatic hydroxyl groups is 1. The van der Waals surface area contributed by atoms with Crippen molar-refractivity contribution in [1.29, 1.82) is 10.8 Å². The minimum Gasteiger partial charge on any atom is -0.392 e. The fourth-order valence-corrected chi connectivity index (χ4v) is 2.43. The van der Waals surface area contributed by atoms with Gasteiger partial charge in [0, 0.05) is 6.20 Å². The van der Waals surface area contributed by atoms with Gasteiger partial charge in [-0.3, -0.25) is 15.4 Å². The molecule has 0 radical (unpaired) electrons. The number of hydrogen-bond acceptors (Lipinski definition) is 3. The van der Waals surface area contributed by atoms with E-state index in [1.807, 2.05) is 0 Å². The van der Waals surface area contributed by atoms with E-state index in [-0.39, 0.29) is 33.5 Å². The summed E-state index contributed by atoms with van der Waals surface area (Å²) in [5.74, 6) is -0.793. The van der Waals surface area contributed by atoms with Crippen LogP contribution in [-0.2, 0) is 6.61 Å². The lowest BCUT2D eigenvalue weighted by atomic mass is 10.1. The lowest BCUT2D eigenvalue weighted by Crippen LogP contribution is -2.27. The van der Waals surface area contributed by atoms with Gasteiger partial charge in [0.1, 0.15) is 17.1 Å². The van der Waals surface area contributed by atoms with Crippen LogP contribution in [0.3, 0.4) is 0 Å². The Morgan fingerprint density at radius 3 is 2.40 bits per heavy atom. The molecule has 0 fully saturated rings. The highest BCUT2D eigenvalue weighted by molar-refractivity contribution is 6.40. The molecule has 20 heavy (non-hydrogen) atoms. The number of aromatic nitrogens is 1. The van der Waals surface area contributed by atoms with Crippen LogP contribution < -0.4 is 5.49 Å². The van der Waals surface area contributed by atoms with E-state index in [9.17, 15) is 4.39 Å². The van der Waals surface area contributed by atoms with Gasteiger partial charge in [-0.05, 0) is 29.8 Å². The maximum absolute atomic E-state index is 13.2. The smallest absolute Gasteiger partial charge is 0.141 e. The van der Waals surface area contributed by atoms with Crippen LogP contribution in [0, 0.1) is 16.6 Å². The monoisotopic (exact) mass is 313 g/mol. The van der Waals surface area contributed by atoms with Crippen molar-refractivity contribution < 1.29 is 9.50 Å². The number of aliphatic hydroxyl groups excluding tert-OH is 1. The topological polar surface area (TPSA) is 72.9 Å². The van der Waals surface area contributed by atoms with E-state index in [4.69, 9.17) is 39.1 Å². The van der Waals surface area contributed by atoms with Crippen LogP contribution >= 0.6 is 23.2 Å². The molecule has 0 bridgehead atoms. The second kappa shape index (κ2) is 5.75. The third-order valence-corrected chi connectivity index (χ3v) is 3.27. The minimum absolute atomic E-state index is 0.0743. The van der Waals surface area contributed by atoms with E-state index in [2.05, 4.69) is 0 Å². The van der Waals surface area contributed by atoms with Crippen molar-refractivity contribution in [2.45, 2.75) is 6.61 Å². The molecule has 0 amide bonds. The van der Waals surface area contributed by atoms with Crippen LogP contribution in [0.5, 0.6) is 0 Å². The second-order valence-corrected chi connectivity index (χ2v) is 4.86. The van der Waals surface area contributed by atoms with E-state index in [1.165, 1.54) is 18.2 Å². The molecular formula is C13H10Cl2FN3O. The van der Waals surface area contributed by atoms with Gasteiger partial charge in [-0.25, -0.2) is 4.39 Å². The van der Waals surface area contributed by atoms with Crippen molar-refractivity contribution in [3.05, 3.63) is 62.9 Å². The molecule has 0 saturated carbocycles. The van der Waals surface area contributed by atoms with Gasteiger partial charge in [0.15, 0.2) is 0 Å². The Bertz CT molecular complexity index is 720. The molecule has 3 N–H and O–H groups in total. The Morgan fingerprint density at radius 2 is 1.85 bits per heavy atom. The summed E-state index contributed by atoms with van der Waals surface area (Å²) >= 11 is 12.1. The highest BCUT2D eigenvalue weighted by atomic mass is 35.5. The number of halogens is 3. The predicted octanol–water partition coefficient (Wildman–Crippen LogP) is 2.78. The van der Waals surface area contributed by atoms with Crippen LogP contribution in [0.4, 0.5) is 4.39 Å². The Labute approximate surface area is 124 Å². The molecule has 0 aliphatic carbocycles. The third kappa shape index (κ3) is 2.75. The second-order valence-electron chi connectivity index (χ2n) is 4.04. The number of hydrogen-bond donors (Lipinski definition) is 3. The average Bonchev–Trinajstić information content (AvgIpc) is 2.40. The molecule has 1 aromatic heterocycles. The van der Waals surface area contributed by atoms with Crippen molar-refractivity contribution in [3.63, 3.8) is 0 Å². The standard InChI is InChI=1S/C13H10Cl2FN3O/c14-9-3-7(6-20)4-10(15)12(9)13(18)19-5-8(16)1-2-11(19)17/h1-5,17-18,20H,6H2. The van der Waals surface area contributed by atoms with E-state index in [0.29, 0.717) is 5.56 Å². The molecule has 1 aromatic carbocycles. The maximum atomic E-state index is 13.2. The summed E-state index contributed by atoms with van der Waals surface area (Å²) in [6, 6.07) is 5.31. The van der Waals surface area contributed by atoms with Crippen molar-refractivity contribution >= 4 is 29.0 Å². The molecule has 2 aromatic rings. The maximum Gasteiger partial charge on any atom is 0.141 e. The van der Waals surface area contributed by atoms with E-state index >= 15 is 0 Å². The average molecular weight is 314 g/mol. The number of nitrogens with one attached hydrogen (secondary N) is 2. The largest absolute Gasteiger partial charge is 0.392 e. The van der Waals surface area contributed by atoms with Crippen molar-refractivity contribution in [2.75, 3.05) is 0 Å². The van der Waals surface area contributed by atoms with Gasteiger partial charge in [0.2, 0.25) is 0 Å². The quantitative estimate of drug-likeness (QED) is 0.579. The van der Waals surface area contributed by atoms with Crippen molar-refractivity contribution in [3.8, 4) is 0 Å². The molecule has 104 valence electrons. The molecular weight excluding hydrogens is 304 g/mol. The van der Waals surface area contributed by atoms with Gasteiger partial charge in [0.05, 0.1) is 22.2 Å². The number of nitrogens with zero attached hydrogens (tertiary/aromatic N) is 1. The summed E-state index contributed by atoms with van der Waals surface area (Å²) in [5, 5.41) is 25.1. The first-order chi connectivity index (χ1) is 9.43. The lowest BCUT2D eigenvalue weighted by Gasteiger charge is -2.13. The SMILES string of the molecule is N=C(c1c(Cl)cc(CO)cc1Cl)n1cc(F)ccc1=N. The summed E-state index contributed by atoms with van der Waals surface area (Å²) in [6.45, 7) is -0.232. The molecule has 0 unspecified atom stereocenters. The van der Waals surface area contributed by atoms with E-state index in [0.717, 1.165) is 16.8 Å². The van der Waals surface area contributed by atoms with Gasteiger partial charge in [-0.2, -0.15) is 0 Å². The Morgan fingerprint density at radius 1 is 1.25 bits per heavy atom. The molecule has 4 nitrogen and oxygen atoms in total. The summed E-state index contributed by atoms with van der Waals surface area (Å²) in [7, 11) is 0. The minimum atomic E-state index is -0.579. The zero-order valence-electron chi connectivity index (χ0n) is 10.1. The first kappa shape index (κ1) is 14.7. The summed E-state index contributed by atoms with van der Waals surface area (Å²) in [4.78, 5) is 0. The summed E-state index contributed by atoms with van der Waals surface area (Å²) < 4.78 is 14.3.